The summed E-state index contributed by atoms with van der Waals surface area (Å²) in [6.07, 6.45) is 3.44. The third-order valence-electron chi connectivity index (χ3n) is 5.70. The van der Waals surface area contributed by atoms with Gasteiger partial charge in [0.25, 0.3) is 0 Å². The Labute approximate surface area is 157 Å². The number of aromatic nitrogens is 3. The quantitative estimate of drug-likeness (QED) is 0.761. The van der Waals surface area contributed by atoms with Gasteiger partial charge in [-0.05, 0) is 52.1 Å². The van der Waals surface area contributed by atoms with E-state index in [1.165, 1.54) is 31.5 Å². The molecule has 0 aliphatic carbocycles. The zero-order chi connectivity index (χ0) is 18.7. The summed E-state index contributed by atoms with van der Waals surface area (Å²) >= 11 is 0. The maximum atomic E-state index is 5.20. The van der Waals surface area contributed by atoms with E-state index in [-0.39, 0.29) is 0 Å². The first-order valence-corrected chi connectivity index (χ1v) is 9.81. The van der Waals surface area contributed by atoms with E-state index in [0.717, 1.165) is 54.9 Å². The summed E-state index contributed by atoms with van der Waals surface area (Å²) in [7, 11) is 3.97. The van der Waals surface area contributed by atoms with Crippen molar-refractivity contribution in [1.82, 2.24) is 19.5 Å². The van der Waals surface area contributed by atoms with Crippen LogP contribution in [0.1, 0.15) is 36.7 Å². The average molecular weight is 360 g/mol. The summed E-state index contributed by atoms with van der Waals surface area (Å²) in [5, 5.41) is 4.74. The number of hydrogen-bond donors (Lipinski definition) is 0. The van der Waals surface area contributed by atoms with Gasteiger partial charge in [0.05, 0.1) is 12.3 Å². The molecule has 0 N–H and O–H groups in total. The van der Waals surface area contributed by atoms with Crippen LogP contribution in [0.25, 0.3) is 5.65 Å². The Morgan fingerprint density at radius 2 is 2.00 bits per heavy atom. The zero-order valence-corrected chi connectivity index (χ0v) is 17.0. The third-order valence-corrected chi connectivity index (χ3v) is 5.70. The van der Waals surface area contributed by atoms with Crippen molar-refractivity contribution in [3.63, 3.8) is 0 Å². The number of nitrogens with zero attached hydrogens (tertiary/aromatic N) is 5. The van der Waals surface area contributed by atoms with Crippen LogP contribution in [0.4, 0.5) is 5.82 Å². The molecular formula is C20H33N5O. The number of methoxy groups -OCH3 is 1. The minimum Gasteiger partial charge on any atom is -0.383 e. The smallest absolute Gasteiger partial charge is 0.160 e. The van der Waals surface area contributed by atoms with Crippen molar-refractivity contribution in [1.29, 1.82) is 0 Å². The molecule has 3 rings (SSSR count). The number of ether oxygens (including phenoxy) is 1. The van der Waals surface area contributed by atoms with Gasteiger partial charge in [-0.3, -0.25) is 0 Å². The monoisotopic (exact) mass is 359 g/mol. The molecule has 6 heteroatoms. The molecule has 1 aliphatic heterocycles. The summed E-state index contributed by atoms with van der Waals surface area (Å²) < 4.78 is 7.23. The number of hydrogen-bond acceptors (Lipinski definition) is 5. The molecule has 1 fully saturated rings. The molecule has 1 saturated heterocycles. The molecule has 6 nitrogen and oxygen atoms in total. The molecule has 0 amide bonds. The number of anilines is 1. The standard InChI is InChI=1S/C20H33N5O/c1-6-18-13-19(25-20(21-18)15(2)16(3)22-25)23(4)14-17-7-9-24(10-8-17)11-12-26-5/h13,17H,6-12,14H2,1-5H3. The van der Waals surface area contributed by atoms with E-state index in [0.29, 0.717) is 0 Å². The Morgan fingerprint density at radius 3 is 2.65 bits per heavy atom. The summed E-state index contributed by atoms with van der Waals surface area (Å²) in [5.41, 5.74) is 4.38. The number of piperidine rings is 1. The summed E-state index contributed by atoms with van der Waals surface area (Å²) in [6.45, 7) is 11.6. The summed E-state index contributed by atoms with van der Waals surface area (Å²) in [4.78, 5) is 9.68. The van der Waals surface area contributed by atoms with Gasteiger partial charge in [-0.15, -0.1) is 0 Å². The molecule has 3 heterocycles. The first kappa shape index (κ1) is 19.1. The minimum absolute atomic E-state index is 0.727. The molecule has 0 aromatic carbocycles. The second-order valence-electron chi connectivity index (χ2n) is 7.56. The first-order valence-electron chi connectivity index (χ1n) is 9.81. The lowest BCUT2D eigenvalue weighted by atomic mass is 9.96. The van der Waals surface area contributed by atoms with Gasteiger partial charge in [0, 0.05) is 44.6 Å². The van der Waals surface area contributed by atoms with Crippen LogP contribution in [0.5, 0.6) is 0 Å². The predicted octanol–water partition coefficient (Wildman–Crippen LogP) is 2.70. The molecule has 0 radical (unpaired) electrons. The topological polar surface area (TPSA) is 45.9 Å². The number of fused-ring (bicyclic) bond motifs is 1. The molecule has 1 aliphatic rings. The normalized spacial score (nSPS) is 16.5. The Hall–Kier alpha value is -1.66. The molecule has 144 valence electrons. The minimum atomic E-state index is 0.727. The maximum absolute atomic E-state index is 5.20. The number of aryl methyl sites for hydroxylation is 3. The molecular weight excluding hydrogens is 326 g/mol. The third kappa shape index (κ3) is 4.01. The van der Waals surface area contributed by atoms with Gasteiger partial charge in [-0.2, -0.15) is 9.61 Å². The van der Waals surface area contributed by atoms with Crippen molar-refractivity contribution >= 4 is 11.5 Å². The van der Waals surface area contributed by atoms with E-state index >= 15 is 0 Å². The fourth-order valence-electron chi connectivity index (χ4n) is 3.81. The Kier molecular flexibility index (Phi) is 6.14. The van der Waals surface area contributed by atoms with Gasteiger partial charge in [-0.1, -0.05) is 6.92 Å². The van der Waals surface area contributed by atoms with Crippen molar-refractivity contribution in [2.24, 2.45) is 5.92 Å². The molecule has 26 heavy (non-hydrogen) atoms. The fraction of sp³-hybridized carbons (Fsp3) is 0.700. The molecule has 0 bridgehead atoms. The maximum Gasteiger partial charge on any atom is 0.160 e. The zero-order valence-electron chi connectivity index (χ0n) is 17.0. The van der Waals surface area contributed by atoms with Crippen LogP contribution in [0.2, 0.25) is 0 Å². The van der Waals surface area contributed by atoms with Crippen molar-refractivity contribution < 1.29 is 4.74 Å². The number of likely N-dealkylation sites (tertiary alicyclic amines) is 1. The second kappa shape index (κ2) is 8.35. The summed E-state index contributed by atoms with van der Waals surface area (Å²) in [5.74, 6) is 1.88. The molecule has 0 saturated carbocycles. The van der Waals surface area contributed by atoms with Crippen LogP contribution in [0, 0.1) is 19.8 Å². The summed E-state index contributed by atoms with van der Waals surface area (Å²) in [6, 6.07) is 2.20. The van der Waals surface area contributed by atoms with Crippen molar-refractivity contribution in [2.75, 3.05) is 51.8 Å². The van der Waals surface area contributed by atoms with E-state index in [9.17, 15) is 0 Å². The Balaban J connectivity index is 1.72. The van der Waals surface area contributed by atoms with Crippen LogP contribution in [-0.4, -0.2) is 66.4 Å². The van der Waals surface area contributed by atoms with E-state index in [2.05, 4.69) is 43.7 Å². The van der Waals surface area contributed by atoms with Crippen LogP contribution >= 0.6 is 0 Å². The lowest BCUT2D eigenvalue weighted by molar-refractivity contribution is 0.121. The highest BCUT2D eigenvalue weighted by Crippen LogP contribution is 2.24. The second-order valence-corrected chi connectivity index (χ2v) is 7.56. The Bertz CT molecular complexity index is 733. The molecule has 2 aromatic heterocycles. The Morgan fingerprint density at radius 1 is 1.27 bits per heavy atom. The van der Waals surface area contributed by atoms with Crippen LogP contribution in [0.15, 0.2) is 6.07 Å². The lowest BCUT2D eigenvalue weighted by Crippen LogP contribution is -2.39. The predicted molar refractivity (Wildman–Crippen MR) is 106 cm³/mol. The molecule has 0 atom stereocenters. The fourth-order valence-corrected chi connectivity index (χ4v) is 3.81. The first-order chi connectivity index (χ1) is 12.5. The van der Waals surface area contributed by atoms with E-state index in [4.69, 9.17) is 14.8 Å². The van der Waals surface area contributed by atoms with Gasteiger partial charge >= 0.3 is 0 Å². The van der Waals surface area contributed by atoms with E-state index in [1.54, 1.807) is 7.11 Å². The van der Waals surface area contributed by atoms with E-state index < -0.39 is 0 Å². The highest BCUT2D eigenvalue weighted by Gasteiger charge is 2.22. The van der Waals surface area contributed by atoms with Gasteiger partial charge in [-0.25, -0.2) is 4.98 Å². The largest absolute Gasteiger partial charge is 0.383 e. The molecule has 0 spiro atoms. The van der Waals surface area contributed by atoms with Crippen molar-refractivity contribution in [3.8, 4) is 0 Å². The van der Waals surface area contributed by atoms with Crippen LogP contribution in [0.3, 0.4) is 0 Å². The van der Waals surface area contributed by atoms with E-state index in [1.807, 2.05) is 4.52 Å². The van der Waals surface area contributed by atoms with Crippen molar-refractivity contribution in [2.45, 2.75) is 40.0 Å². The lowest BCUT2D eigenvalue weighted by Gasteiger charge is -2.34. The number of rotatable bonds is 7. The molecule has 0 unspecified atom stereocenters. The van der Waals surface area contributed by atoms with Gasteiger partial charge in [0.2, 0.25) is 0 Å². The highest BCUT2D eigenvalue weighted by molar-refractivity contribution is 5.56. The van der Waals surface area contributed by atoms with Crippen molar-refractivity contribution in [3.05, 3.63) is 23.0 Å². The highest BCUT2D eigenvalue weighted by atomic mass is 16.5. The van der Waals surface area contributed by atoms with Gasteiger partial charge in [0.1, 0.15) is 5.82 Å². The van der Waals surface area contributed by atoms with Crippen LogP contribution in [-0.2, 0) is 11.2 Å². The van der Waals surface area contributed by atoms with Gasteiger partial charge < -0.3 is 14.5 Å². The average Bonchev–Trinajstić information content (AvgIpc) is 2.94. The molecule has 2 aromatic rings. The SMILES string of the molecule is CCc1cc(N(C)CC2CCN(CCOC)CC2)n2nc(C)c(C)c2n1. The van der Waals surface area contributed by atoms with Crippen LogP contribution < -0.4 is 4.90 Å². The van der Waals surface area contributed by atoms with Gasteiger partial charge in [0.15, 0.2) is 5.65 Å².